The SMILES string of the molecule is CCCCCC(=O)O.CCCCCC(=O)OC[C@@H](OC)[C@H](C[NH2+]/C=C\C=C(/C)C(N)=O)OC(=O)CCCCC. The molecule has 0 radical (unpaired) electrons. The average Bonchev–Trinajstić information content (AvgIpc) is 2.89. The Kier molecular flexibility index (Phi) is 26.5. The Labute approximate surface area is 234 Å². The van der Waals surface area contributed by atoms with Crippen LogP contribution in [0.2, 0.25) is 0 Å². The lowest BCUT2D eigenvalue weighted by atomic mass is 10.2. The van der Waals surface area contributed by atoms with Crippen LogP contribution in [-0.2, 0) is 33.4 Å². The van der Waals surface area contributed by atoms with Crippen molar-refractivity contribution in [3.63, 3.8) is 0 Å². The minimum Gasteiger partial charge on any atom is -0.481 e. The molecule has 0 heterocycles. The second kappa shape index (κ2) is 26.9. The number of carbonyl (C=O) groups excluding carboxylic acids is 3. The first kappa shape index (κ1) is 38.4. The highest BCUT2D eigenvalue weighted by Crippen LogP contribution is 2.09. The first-order chi connectivity index (χ1) is 18.6. The zero-order chi connectivity index (χ0) is 29.9. The predicted octanol–water partition coefficient (Wildman–Crippen LogP) is 3.78. The molecule has 226 valence electrons. The number of allylic oxidation sites excluding steroid dienone is 2. The summed E-state index contributed by atoms with van der Waals surface area (Å²) in [4.78, 5) is 45.1. The van der Waals surface area contributed by atoms with Gasteiger partial charge in [-0.25, -0.2) is 0 Å². The number of nitrogens with two attached hydrogens (primary N) is 2. The fourth-order valence-electron chi connectivity index (χ4n) is 3.22. The van der Waals surface area contributed by atoms with Gasteiger partial charge in [-0.2, -0.15) is 0 Å². The summed E-state index contributed by atoms with van der Waals surface area (Å²) in [6.07, 6.45) is 13.4. The maximum atomic E-state index is 12.2. The van der Waals surface area contributed by atoms with Crippen molar-refractivity contribution in [1.82, 2.24) is 0 Å². The Bertz CT molecular complexity index is 737. The summed E-state index contributed by atoms with van der Waals surface area (Å²) in [5, 5.41) is 9.95. The number of rotatable bonds is 22. The lowest BCUT2D eigenvalue weighted by Crippen LogP contribution is -2.81. The van der Waals surface area contributed by atoms with Gasteiger partial charge in [-0.15, -0.1) is 0 Å². The lowest BCUT2D eigenvalue weighted by molar-refractivity contribution is -0.597. The van der Waals surface area contributed by atoms with Gasteiger partial charge in [0.25, 0.3) is 0 Å². The monoisotopic (exact) mass is 557 g/mol. The van der Waals surface area contributed by atoms with Crippen LogP contribution in [0.1, 0.15) is 105 Å². The number of aliphatic carboxylic acids is 1. The Morgan fingerprint density at radius 3 is 1.87 bits per heavy atom. The number of hydrogen-bond donors (Lipinski definition) is 3. The summed E-state index contributed by atoms with van der Waals surface area (Å²) in [5.41, 5.74) is 5.63. The second-order valence-electron chi connectivity index (χ2n) is 9.32. The Morgan fingerprint density at radius 2 is 1.38 bits per heavy atom. The summed E-state index contributed by atoms with van der Waals surface area (Å²) in [7, 11) is 1.50. The molecule has 1 amide bonds. The van der Waals surface area contributed by atoms with Crippen LogP contribution in [0.5, 0.6) is 0 Å². The van der Waals surface area contributed by atoms with Crippen LogP contribution in [0.25, 0.3) is 0 Å². The minimum absolute atomic E-state index is 0.0204. The third-order valence-corrected chi connectivity index (χ3v) is 5.72. The highest BCUT2D eigenvalue weighted by atomic mass is 16.6. The van der Waals surface area contributed by atoms with Crippen LogP contribution in [0.3, 0.4) is 0 Å². The summed E-state index contributed by atoms with van der Waals surface area (Å²) in [6, 6.07) is 0. The molecule has 10 heteroatoms. The van der Waals surface area contributed by atoms with Crippen molar-refractivity contribution in [3.8, 4) is 0 Å². The molecule has 0 bridgehead atoms. The molecule has 39 heavy (non-hydrogen) atoms. The molecule has 0 rings (SSSR count). The zero-order valence-electron chi connectivity index (χ0n) is 24.7. The molecule has 10 nitrogen and oxygen atoms in total. The van der Waals surface area contributed by atoms with Gasteiger partial charge in [0.15, 0.2) is 6.10 Å². The van der Waals surface area contributed by atoms with Crippen molar-refractivity contribution in [2.45, 2.75) is 117 Å². The first-order valence-corrected chi connectivity index (χ1v) is 14.2. The number of methoxy groups -OCH3 is 1. The average molecular weight is 558 g/mol. The van der Waals surface area contributed by atoms with E-state index in [0.29, 0.717) is 31.4 Å². The van der Waals surface area contributed by atoms with Crippen LogP contribution >= 0.6 is 0 Å². The van der Waals surface area contributed by atoms with Gasteiger partial charge in [-0.3, -0.25) is 19.2 Å². The van der Waals surface area contributed by atoms with E-state index < -0.39 is 24.1 Å². The van der Waals surface area contributed by atoms with E-state index in [0.717, 1.165) is 57.8 Å². The quantitative estimate of drug-likeness (QED) is 0.0785. The number of unbranched alkanes of at least 4 members (excludes halogenated alkanes) is 6. The molecule has 0 unspecified atom stereocenters. The van der Waals surface area contributed by atoms with Gasteiger partial charge < -0.3 is 30.4 Å². The molecule has 5 N–H and O–H groups in total. The van der Waals surface area contributed by atoms with Gasteiger partial charge in [0.2, 0.25) is 5.91 Å². The number of quaternary nitrogens is 1. The van der Waals surface area contributed by atoms with Crippen LogP contribution in [0, 0.1) is 0 Å². The van der Waals surface area contributed by atoms with Gasteiger partial charge in [-0.05, 0) is 38.3 Å². The van der Waals surface area contributed by atoms with Gasteiger partial charge in [0.05, 0.1) is 6.20 Å². The van der Waals surface area contributed by atoms with E-state index in [1.165, 1.54) is 7.11 Å². The standard InChI is InChI=1S/C23H40N2O6.C6H12O2/c1-5-7-9-13-21(26)30-17-20(29-4)19(31-22(27)14-10-8-6-2)16-25-15-11-12-18(3)23(24)28;1-2-3-4-5-6(7)8/h11-12,15,19-20,25H,5-10,13-14,16-17H2,1-4H3,(H2,24,28);2-5H2,1H3,(H,7,8)/p+1/b15-11-,18-12+;/t19-,20+;/m0./s1. The van der Waals surface area contributed by atoms with Crippen LogP contribution in [0.15, 0.2) is 23.9 Å². The van der Waals surface area contributed by atoms with Crippen molar-refractivity contribution in [1.29, 1.82) is 0 Å². The topological polar surface area (TPSA) is 159 Å². The van der Waals surface area contributed by atoms with Crippen molar-refractivity contribution in [2.75, 3.05) is 20.3 Å². The lowest BCUT2D eigenvalue weighted by Gasteiger charge is -2.24. The second-order valence-corrected chi connectivity index (χ2v) is 9.32. The van der Waals surface area contributed by atoms with Crippen LogP contribution in [0.4, 0.5) is 0 Å². The maximum absolute atomic E-state index is 12.2. The van der Waals surface area contributed by atoms with Gasteiger partial charge in [0, 0.05) is 31.9 Å². The summed E-state index contributed by atoms with van der Waals surface area (Å²) < 4.78 is 16.4. The van der Waals surface area contributed by atoms with Crippen molar-refractivity contribution in [3.05, 3.63) is 23.9 Å². The molecular formula is C29H53N2O8+. The van der Waals surface area contributed by atoms with Crippen molar-refractivity contribution in [2.24, 2.45) is 5.73 Å². The predicted molar refractivity (Wildman–Crippen MR) is 151 cm³/mol. The third-order valence-electron chi connectivity index (χ3n) is 5.72. The third kappa shape index (κ3) is 25.3. The molecule has 0 saturated carbocycles. The van der Waals surface area contributed by atoms with E-state index in [-0.39, 0.29) is 18.5 Å². The number of primary amides is 1. The fraction of sp³-hybridized carbons (Fsp3) is 0.724. The van der Waals surface area contributed by atoms with Crippen LogP contribution in [-0.4, -0.2) is 61.4 Å². The molecule has 0 aliphatic rings. The zero-order valence-corrected chi connectivity index (χ0v) is 24.7. The van der Waals surface area contributed by atoms with Crippen molar-refractivity contribution < 1.29 is 43.8 Å². The van der Waals surface area contributed by atoms with Gasteiger partial charge >= 0.3 is 17.9 Å². The van der Waals surface area contributed by atoms with E-state index in [9.17, 15) is 19.2 Å². The number of carboxylic acids is 1. The molecule has 0 spiro atoms. The molecule has 0 aromatic carbocycles. The Hall–Kier alpha value is -2.72. The van der Waals surface area contributed by atoms with Gasteiger partial charge in [-0.1, -0.05) is 59.3 Å². The van der Waals surface area contributed by atoms with Crippen LogP contribution < -0.4 is 11.1 Å². The van der Waals surface area contributed by atoms with E-state index in [4.69, 9.17) is 25.1 Å². The van der Waals surface area contributed by atoms with Gasteiger partial charge in [0.1, 0.15) is 19.3 Å². The molecule has 0 aromatic heterocycles. The number of ether oxygens (including phenoxy) is 3. The van der Waals surface area contributed by atoms with E-state index in [1.54, 1.807) is 25.3 Å². The summed E-state index contributed by atoms with van der Waals surface area (Å²) >= 11 is 0. The number of carbonyl (C=O) groups is 4. The number of carboxylic acid groups (broad SMARTS) is 1. The first-order valence-electron chi connectivity index (χ1n) is 14.2. The smallest absolute Gasteiger partial charge is 0.306 e. The Morgan fingerprint density at radius 1 is 0.846 bits per heavy atom. The maximum Gasteiger partial charge on any atom is 0.306 e. The molecule has 0 aliphatic carbocycles. The molecule has 0 fully saturated rings. The number of esters is 2. The molecule has 0 saturated heterocycles. The van der Waals surface area contributed by atoms with Crippen molar-refractivity contribution >= 4 is 23.8 Å². The fourth-order valence-corrected chi connectivity index (χ4v) is 3.22. The number of amides is 1. The minimum atomic E-state index is -0.682. The molecular weight excluding hydrogens is 504 g/mol. The molecule has 0 aromatic rings. The van der Waals surface area contributed by atoms with E-state index >= 15 is 0 Å². The largest absolute Gasteiger partial charge is 0.481 e. The normalized spacial score (nSPS) is 12.8. The summed E-state index contributed by atoms with van der Waals surface area (Å²) in [6.45, 7) is 8.23. The highest BCUT2D eigenvalue weighted by Gasteiger charge is 2.28. The Balaban J connectivity index is 0. The van der Waals surface area contributed by atoms with E-state index in [1.807, 2.05) is 5.32 Å². The molecule has 2 atom stereocenters. The highest BCUT2D eigenvalue weighted by molar-refractivity contribution is 5.91. The number of hydrogen-bond acceptors (Lipinski definition) is 7. The summed E-state index contributed by atoms with van der Waals surface area (Å²) in [5.74, 6) is -1.74. The molecule has 0 aliphatic heterocycles. The van der Waals surface area contributed by atoms with E-state index in [2.05, 4.69) is 20.8 Å².